The van der Waals surface area contributed by atoms with E-state index >= 15 is 0 Å². The smallest absolute Gasteiger partial charge is 0.313 e. The van der Waals surface area contributed by atoms with Crippen LogP contribution < -0.4 is 0 Å². The van der Waals surface area contributed by atoms with Gasteiger partial charge in [0.25, 0.3) is 0 Å². The Bertz CT molecular complexity index is 118. The van der Waals surface area contributed by atoms with Gasteiger partial charge in [0, 0.05) is 5.75 Å². The number of hydrogen-bond acceptors (Lipinski definition) is 3. The summed E-state index contributed by atoms with van der Waals surface area (Å²) in [5, 5.41) is 16.2. The van der Waals surface area contributed by atoms with Crippen LogP contribution in [0.2, 0.25) is 0 Å². The van der Waals surface area contributed by atoms with Crippen molar-refractivity contribution in [2.45, 2.75) is 6.42 Å². The highest BCUT2D eigenvalue weighted by atomic mass is 32.2. The van der Waals surface area contributed by atoms with Gasteiger partial charge in [-0.3, -0.25) is 9.59 Å². The van der Waals surface area contributed by atoms with Gasteiger partial charge in [0.05, 0.1) is 12.2 Å². The minimum Gasteiger partial charge on any atom is -0.481 e. The molecule has 5 heteroatoms. The van der Waals surface area contributed by atoms with Crippen LogP contribution in [0.4, 0.5) is 0 Å². The molecule has 4 nitrogen and oxygen atoms in total. The van der Waals surface area contributed by atoms with Crippen molar-refractivity contribution in [1.29, 1.82) is 0 Å². The fourth-order valence-electron chi connectivity index (χ4n) is 0.319. The van der Waals surface area contributed by atoms with E-state index in [1.54, 1.807) is 0 Å². The van der Waals surface area contributed by atoms with Crippen molar-refractivity contribution >= 4 is 23.7 Å². The summed E-state index contributed by atoms with van der Waals surface area (Å²) >= 11 is 1.11. The van der Waals surface area contributed by atoms with Gasteiger partial charge < -0.3 is 10.2 Å². The third kappa shape index (κ3) is 7.29. The molecule has 0 aliphatic heterocycles. The molecule has 0 aliphatic rings. The van der Waals surface area contributed by atoms with Crippen molar-refractivity contribution in [3.8, 4) is 0 Å². The molecule has 0 bridgehead atoms. The number of carbonyl (C=O) groups is 2. The lowest BCUT2D eigenvalue weighted by Gasteiger charge is -1.92. The van der Waals surface area contributed by atoms with E-state index in [1.807, 2.05) is 0 Å². The van der Waals surface area contributed by atoms with Gasteiger partial charge in [-0.2, -0.15) is 0 Å². The Morgan fingerprint density at radius 2 is 1.80 bits per heavy atom. The molecule has 0 saturated heterocycles. The zero-order valence-corrected chi connectivity index (χ0v) is 6.06. The van der Waals surface area contributed by atoms with E-state index in [0.29, 0.717) is 5.75 Å². The largest absolute Gasteiger partial charge is 0.481 e. The van der Waals surface area contributed by atoms with Crippen LogP contribution in [-0.2, 0) is 9.59 Å². The van der Waals surface area contributed by atoms with Crippen LogP contribution in [0.3, 0.4) is 0 Å². The molecule has 0 atom stereocenters. The molecule has 0 unspecified atom stereocenters. The fourth-order valence-corrected chi connectivity index (χ4v) is 0.957. The molecule has 0 rings (SSSR count). The molecule has 0 saturated carbocycles. The molecule has 0 heterocycles. The van der Waals surface area contributed by atoms with Gasteiger partial charge in [-0.05, 0) is 0 Å². The first-order valence-corrected chi connectivity index (χ1v) is 3.79. The van der Waals surface area contributed by atoms with E-state index in [0.717, 1.165) is 11.8 Å². The number of carboxylic acids is 2. The van der Waals surface area contributed by atoms with Gasteiger partial charge in [0.2, 0.25) is 0 Å². The normalized spacial score (nSPS) is 9.20. The van der Waals surface area contributed by atoms with Crippen molar-refractivity contribution in [3.63, 3.8) is 0 Å². The molecule has 2 N–H and O–H groups in total. The summed E-state index contributed by atoms with van der Waals surface area (Å²) < 4.78 is 0. The van der Waals surface area contributed by atoms with Gasteiger partial charge in [0.15, 0.2) is 0 Å². The van der Waals surface area contributed by atoms with Gasteiger partial charge in [-0.25, -0.2) is 0 Å². The quantitative estimate of drug-likeness (QED) is 0.571. The summed E-state index contributed by atoms with van der Waals surface area (Å²) in [4.78, 5) is 19.8. The number of carboxylic acid groups (broad SMARTS) is 2. The summed E-state index contributed by atoms with van der Waals surface area (Å²) in [6.07, 6.45) is 0.0257. The summed E-state index contributed by atoms with van der Waals surface area (Å²) in [6, 6.07) is 0. The van der Waals surface area contributed by atoms with E-state index in [9.17, 15) is 9.59 Å². The third-order valence-corrected chi connectivity index (χ3v) is 1.63. The standard InChI is InChI=1S/C5H8O4S/c6-4(7)1-2-10-3-5(8)9/h1-3H2,(H,6,7)(H,8,9). The summed E-state index contributed by atoms with van der Waals surface area (Å²) in [7, 11) is 0. The number of aliphatic carboxylic acids is 2. The highest BCUT2D eigenvalue weighted by molar-refractivity contribution is 7.99. The highest BCUT2D eigenvalue weighted by Crippen LogP contribution is 2.00. The van der Waals surface area contributed by atoms with Gasteiger partial charge in [0.1, 0.15) is 0 Å². The number of hydrogen-bond donors (Lipinski definition) is 2. The average Bonchev–Trinajstić information content (AvgIpc) is 1.79. The molecule has 0 fully saturated rings. The summed E-state index contributed by atoms with van der Waals surface area (Å²) in [5.41, 5.74) is 0. The summed E-state index contributed by atoms with van der Waals surface area (Å²) in [6.45, 7) is 0. The Morgan fingerprint density at radius 1 is 1.20 bits per heavy atom. The number of rotatable bonds is 5. The second-order valence-electron chi connectivity index (χ2n) is 1.59. The van der Waals surface area contributed by atoms with Crippen molar-refractivity contribution in [2.24, 2.45) is 0 Å². The zero-order chi connectivity index (χ0) is 7.98. The van der Waals surface area contributed by atoms with Crippen molar-refractivity contribution in [2.75, 3.05) is 11.5 Å². The van der Waals surface area contributed by atoms with Crippen LogP contribution in [0.5, 0.6) is 0 Å². The summed E-state index contributed by atoms with van der Waals surface area (Å²) in [5.74, 6) is -1.46. The topological polar surface area (TPSA) is 74.6 Å². The Hall–Kier alpha value is -0.710. The fraction of sp³-hybridized carbons (Fsp3) is 0.600. The third-order valence-electron chi connectivity index (χ3n) is 0.686. The Kier molecular flexibility index (Phi) is 4.74. The second kappa shape index (κ2) is 5.10. The highest BCUT2D eigenvalue weighted by Gasteiger charge is 1.99. The maximum Gasteiger partial charge on any atom is 0.313 e. The predicted octanol–water partition coefficient (Wildman–Crippen LogP) is 0.279. The van der Waals surface area contributed by atoms with E-state index in [2.05, 4.69) is 0 Å². The lowest BCUT2D eigenvalue weighted by atomic mass is 10.5. The van der Waals surface area contributed by atoms with Gasteiger partial charge in [-0.1, -0.05) is 0 Å². The van der Waals surface area contributed by atoms with Crippen molar-refractivity contribution in [3.05, 3.63) is 0 Å². The van der Waals surface area contributed by atoms with Crippen LogP contribution in [-0.4, -0.2) is 33.7 Å². The molecule has 0 aromatic carbocycles. The molecular formula is C5H8O4S. The second-order valence-corrected chi connectivity index (χ2v) is 2.70. The minimum absolute atomic E-state index is 0.0206. The molecule has 0 radical (unpaired) electrons. The molecule has 0 aromatic rings. The zero-order valence-electron chi connectivity index (χ0n) is 5.24. The molecule has 0 spiro atoms. The molecule has 58 valence electrons. The Balaban J connectivity index is 3.06. The minimum atomic E-state index is -0.907. The first kappa shape index (κ1) is 9.29. The lowest BCUT2D eigenvalue weighted by Crippen LogP contribution is -2.01. The van der Waals surface area contributed by atoms with E-state index < -0.39 is 11.9 Å². The van der Waals surface area contributed by atoms with Crippen LogP contribution >= 0.6 is 11.8 Å². The molecular weight excluding hydrogens is 156 g/mol. The predicted molar refractivity (Wildman–Crippen MR) is 37.2 cm³/mol. The first-order valence-electron chi connectivity index (χ1n) is 2.64. The molecule has 0 aromatic heterocycles. The Morgan fingerprint density at radius 3 is 2.20 bits per heavy atom. The maximum atomic E-state index is 9.88. The molecule has 0 aliphatic carbocycles. The van der Waals surface area contributed by atoms with E-state index in [1.165, 1.54) is 0 Å². The van der Waals surface area contributed by atoms with Crippen LogP contribution in [0.25, 0.3) is 0 Å². The monoisotopic (exact) mass is 164 g/mol. The average molecular weight is 164 g/mol. The van der Waals surface area contributed by atoms with Gasteiger partial charge >= 0.3 is 11.9 Å². The first-order chi connectivity index (χ1) is 4.63. The molecule has 10 heavy (non-hydrogen) atoms. The number of thioether (sulfide) groups is 1. The van der Waals surface area contributed by atoms with Crippen molar-refractivity contribution in [1.82, 2.24) is 0 Å². The lowest BCUT2D eigenvalue weighted by molar-refractivity contribution is -0.137. The van der Waals surface area contributed by atoms with Gasteiger partial charge in [-0.15, -0.1) is 11.8 Å². The van der Waals surface area contributed by atoms with E-state index in [4.69, 9.17) is 10.2 Å². The van der Waals surface area contributed by atoms with E-state index in [-0.39, 0.29) is 12.2 Å². The SMILES string of the molecule is O=C(O)CCSCC(=O)O. The molecule has 0 amide bonds. The van der Waals surface area contributed by atoms with Crippen LogP contribution in [0.1, 0.15) is 6.42 Å². The van der Waals surface area contributed by atoms with Crippen LogP contribution in [0.15, 0.2) is 0 Å². The van der Waals surface area contributed by atoms with Crippen LogP contribution in [0, 0.1) is 0 Å². The van der Waals surface area contributed by atoms with Crippen molar-refractivity contribution < 1.29 is 19.8 Å². The maximum absolute atomic E-state index is 9.88. The Labute approximate surface area is 62.2 Å².